The molecule has 0 aromatic heterocycles. The minimum absolute atomic E-state index is 0.343. The van der Waals surface area contributed by atoms with E-state index in [0.717, 1.165) is 16.8 Å². The summed E-state index contributed by atoms with van der Waals surface area (Å²) in [4.78, 5) is 0. The van der Waals surface area contributed by atoms with Crippen LogP contribution in [-0.4, -0.2) is 18.4 Å². The molecule has 0 saturated carbocycles. The summed E-state index contributed by atoms with van der Waals surface area (Å²) >= 11 is 17.1. The molecule has 4 nitrogen and oxygen atoms in total. The largest absolute Gasteiger partial charge is 0.495 e. The van der Waals surface area contributed by atoms with Crippen LogP contribution in [0.1, 0.15) is 11.1 Å². The zero-order chi connectivity index (χ0) is 16.8. The van der Waals surface area contributed by atoms with Gasteiger partial charge in [0, 0.05) is 10.6 Å². The third-order valence-corrected chi connectivity index (χ3v) is 3.69. The second-order valence-electron chi connectivity index (χ2n) is 4.69. The molecule has 0 fully saturated rings. The van der Waals surface area contributed by atoms with Gasteiger partial charge < -0.3 is 10.1 Å². The minimum atomic E-state index is 0.343. The third-order valence-electron chi connectivity index (χ3n) is 2.94. The van der Waals surface area contributed by atoms with Gasteiger partial charge in [0.05, 0.1) is 24.0 Å². The monoisotopic (exact) mass is 367 g/mol. The Morgan fingerprint density at radius 1 is 1.22 bits per heavy atom. The molecule has 0 aliphatic rings. The topological polar surface area (TPSA) is 45.6 Å². The average molecular weight is 368 g/mol. The van der Waals surface area contributed by atoms with Crippen LogP contribution < -0.4 is 15.5 Å². The Bertz CT molecular complexity index is 750. The van der Waals surface area contributed by atoms with Crippen LogP contribution in [0.2, 0.25) is 10.0 Å². The highest BCUT2D eigenvalue weighted by molar-refractivity contribution is 7.80. The Morgan fingerprint density at radius 2 is 2.00 bits per heavy atom. The Hall–Kier alpha value is -1.82. The van der Waals surface area contributed by atoms with Crippen LogP contribution in [0.4, 0.5) is 5.69 Å². The number of halogens is 2. The molecule has 0 spiro atoms. The summed E-state index contributed by atoms with van der Waals surface area (Å²) in [6, 6.07) is 10.9. The van der Waals surface area contributed by atoms with E-state index in [1.165, 1.54) is 0 Å². The van der Waals surface area contributed by atoms with E-state index >= 15 is 0 Å². The number of nitrogens with one attached hydrogen (secondary N) is 2. The van der Waals surface area contributed by atoms with E-state index in [4.69, 9.17) is 40.2 Å². The molecular formula is C16H15Cl2N3OS. The minimum Gasteiger partial charge on any atom is -0.495 e. The summed E-state index contributed by atoms with van der Waals surface area (Å²) in [5.41, 5.74) is 5.33. The normalized spacial score (nSPS) is 10.6. The van der Waals surface area contributed by atoms with Gasteiger partial charge in [-0.2, -0.15) is 5.10 Å². The number of anilines is 1. The lowest BCUT2D eigenvalue weighted by atomic mass is 10.2. The summed E-state index contributed by atoms with van der Waals surface area (Å²) in [6.45, 7) is 1.99. The van der Waals surface area contributed by atoms with Crippen LogP contribution in [0.25, 0.3) is 0 Å². The highest BCUT2D eigenvalue weighted by Crippen LogP contribution is 2.25. The molecule has 2 aromatic rings. The van der Waals surface area contributed by atoms with Crippen LogP contribution >= 0.6 is 35.4 Å². The number of hydrazone groups is 1. The number of nitrogens with zero attached hydrogens (tertiary/aromatic N) is 1. The molecule has 0 heterocycles. The van der Waals surface area contributed by atoms with Gasteiger partial charge in [0.1, 0.15) is 5.75 Å². The van der Waals surface area contributed by atoms with E-state index in [9.17, 15) is 0 Å². The SMILES string of the molecule is COc1ccc(C)cc1NC(=S)N/N=C/c1ccc(Cl)cc1Cl. The molecule has 120 valence electrons. The third kappa shape index (κ3) is 5.10. The second kappa shape index (κ2) is 8.15. The Kier molecular flexibility index (Phi) is 6.21. The van der Waals surface area contributed by atoms with Gasteiger partial charge in [-0.15, -0.1) is 0 Å². The first-order valence-corrected chi connectivity index (χ1v) is 7.86. The molecule has 0 bridgehead atoms. The average Bonchev–Trinajstić information content (AvgIpc) is 2.50. The molecule has 0 aliphatic heterocycles. The lowest BCUT2D eigenvalue weighted by Crippen LogP contribution is -2.24. The standard InChI is InChI=1S/C16H15Cl2N3OS/c1-10-3-6-15(22-2)14(7-10)20-16(23)21-19-9-11-4-5-12(17)8-13(11)18/h3-9H,1-2H3,(H2,20,21,23)/b19-9+. The van der Waals surface area contributed by atoms with Crippen molar-refractivity contribution in [3.8, 4) is 5.75 Å². The maximum absolute atomic E-state index is 6.06. The predicted molar refractivity (Wildman–Crippen MR) is 101 cm³/mol. The van der Waals surface area contributed by atoms with E-state index < -0.39 is 0 Å². The molecule has 23 heavy (non-hydrogen) atoms. The number of rotatable bonds is 4. The number of ether oxygens (including phenoxy) is 1. The van der Waals surface area contributed by atoms with Crippen LogP contribution in [0, 0.1) is 6.92 Å². The zero-order valence-electron chi connectivity index (χ0n) is 12.6. The van der Waals surface area contributed by atoms with Gasteiger partial charge in [0.2, 0.25) is 0 Å². The molecule has 0 unspecified atom stereocenters. The van der Waals surface area contributed by atoms with E-state index in [0.29, 0.717) is 20.9 Å². The van der Waals surface area contributed by atoms with E-state index in [-0.39, 0.29) is 0 Å². The summed E-state index contributed by atoms with van der Waals surface area (Å²) in [5, 5.41) is 8.53. The summed E-state index contributed by atoms with van der Waals surface area (Å²) < 4.78 is 5.28. The Balaban J connectivity index is 2.00. The highest BCUT2D eigenvalue weighted by Gasteiger charge is 2.04. The van der Waals surface area contributed by atoms with Crippen LogP contribution in [0.3, 0.4) is 0 Å². The van der Waals surface area contributed by atoms with Crippen molar-refractivity contribution in [3.63, 3.8) is 0 Å². The van der Waals surface area contributed by atoms with Gasteiger partial charge in [-0.25, -0.2) is 0 Å². The first-order valence-electron chi connectivity index (χ1n) is 6.69. The van der Waals surface area contributed by atoms with Crippen molar-refractivity contribution in [3.05, 3.63) is 57.6 Å². The Morgan fingerprint density at radius 3 is 2.70 bits per heavy atom. The Labute approximate surface area is 150 Å². The van der Waals surface area contributed by atoms with E-state index in [2.05, 4.69) is 15.8 Å². The first-order chi connectivity index (χ1) is 11.0. The van der Waals surface area contributed by atoms with Gasteiger partial charge >= 0.3 is 0 Å². The maximum atomic E-state index is 6.06. The summed E-state index contributed by atoms with van der Waals surface area (Å²) in [7, 11) is 1.60. The number of thiocarbonyl (C=S) groups is 1. The lowest BCUT2D eigenvalue weighted by molar-refractivity contribution is 0.417. The van der Waals surface area contributed by atoms with Gasteiger partial charge in [0.15, 0.2) is 5.11 Å². The second-order valence-corrected chi connectivity index (χ2v) is 5.95. The molecular weight excluding hydrogens is 353 g/mol. The molecule has 2 rings (SSSR count). The molecule has 7 heteroatoms. The van der Waals surface area contributed by atoms with Gasteiger partial charge in [-0.1, -0.05) is 35.3 Å². The molecule has 2 N–H and O–H groups in total. The van der Waals surface area contributed by atoms with Crippen LogP contribution in [-0.2, 0) is 0 Å². The van der Waals surface area contributed by atoms with Crippen molar-refractivity contribution in [1.82, 2.24) is 5.43 Å². The first kappa shape index (κ1) is 17.5. The van der Waals surface area contributed by atoms with Gasteiger partial charge in [-0.05, 0) is 49.0 Å². The van der Waals surface area contributed by atoms with Crippen LogP contribution in [0.5, 0.6) is 5.75 Å². The number of hydrogen-bond acceptors (Lipinski definition) is 3. The van der Waals surface area contributed by atoms with Crippen molar-refractivity contribution in [2.24, 2.45) is 5.10 Å². The fourth-order valence-electron chi connectivity index (χ4n) is 1.84. The highest BCUT2D eigenvalue weighted by atomic mass is 35.5. The fraction of sp³-hybridized carbons (Fsp3) is 0.125. The summed E-state index contributed by atoms with van der Waals surface area (Å²) in [6.07, 6.45) is 1.57. The van der Waals surface area contributed by atoms with Gasteiger partial charge in [-0.3, -0.25) is 5.43 Å². The molecule has 0 saturated heterocycles. The van der Waals surface area contributed by atoms with Crippen LogP contribution in [0.15, 0.2) is 41.5 Å². The zero-order valence-corrected chi connectivity index (χ0v) is 14.9. The van der Waals surface area contributed by atoms with E-state index in [1.807, 2.05) is 25.1 Å². The molecule has 0 amide bonds. The van der Waals surface area contributed by atoms with E-state index in [1.54, 1.807) is 31.5 Å². The number of benzene rings is 2. The van der Waals surface area contributed by atoms with Crippen molar-refractivity contribution in [2.75, 3.05) is 12.4 Å². The van der Waals surface area contributed by atoms with Crippen molar-refractivity contribution in [1.29, 1.82) is 0 Å². The van der Waals surface area contributed by atoms with Crippen molar-refractivity contribution >= 4 is 52.4 Å². The number of aryl methyl sites for hydroxylation is 1. The van der Waals surface area contributed by atoms with Crippen molar-refractivity contribution in [2.45, 2.75) is 6.92 Å². The molecule has 0 radical (unpaired) electrons. The molecule has 2 aromatic carbocycles. The van der Waals surface area contributed by atoms with Gasteiger partial charge in [0.25, 0.3) is 0 Å². The number of methoxy groups -OCH3 is 1. The predicted octanol–water partition coefficient (Wildman–Crippen LogP) is 4.63. The van der Waals surface area contributed by atoms with Crippen molar-refractivity contribution < 1.29 is 4.74 Å². The fourth-order valence-corrected chi connectivity index (χ4v) is 2.46. The molecule has 0 aliphatic carbocycles. The number of hydrogen-bond donors (Lipinski definition) is 2. The summed E-state index contributed by atoms with van der Waals surface area (Å²) in [5.74, 6) is 0.699. The maximum Gasteiger partial charge on any atom is 0.191 e. The smallest absolute Gasteiger partial charge is 0.191 e. The quantitative estimate of drug-likeness (QED) is 0.469. The lowest BCUT2D eigenvalue weighted by Gasteiger charge is -2.12. The molecule has 0 atom stereocenters.